The van der Waals surface area contributed by atoms with E-state index in [0.717, 1.165) is 33.0 Å². The number of hydrogen-bond acceptors (Lipinski definition) is 0. The van der Waals surface area contributed by atoms with E-state index < -0.39 is 14.1 Å². The van der Waals surface area contributed by atoms with E-state index in [0.29, 0.717) is 0 Å². The number of hydrogen-bond donors (Lipinski definition) is 0. The summed E-state index contributed by atoms with van der Waals surface area (Å²) >= 11 is 0.407. The van der Waals surface area contributed by atoms with Crippen molar-refractivity contribution in [3.8, 4) is 0 Å². The molecule has 3 heteroatoms. The van der Waals surface area contributed by atoms with Crippen LogP contribution in [0.5, 0.6) is 0 Å². The maximum Gasteiger partial charge on any atom is -1.00 e. The number of rotatable bonds is 8. The summed E-state index contributed by atoms with van der Waals surface area (Å²) in [5, 5.41) is 7.51. The van der Waals surface area contributed by atoms with Gasteiger partial charge in [0.2, 0.25) is 0 Å². The van der Waals surface area contributed by atoms with Crippen LogP contribution < -0.4 is 12.4 Å². The molecule has 0 aliphatic carbocycles. The van der Waals surface area contributed by atoms with Crippen LogP contribution in [0.4, 0.5) is 0 Å². The summed E-state index contributed by atoms with van der Waals surface area (Å²) in [5.41, 5.74) is 0. The van der Waals surface area contributed by atoms with Crippen molar-refractivity contribution in [1.82, 2.24) is 0 Å². The van der Waals surface area contributed by atoms with Crippen molar-refractivity contribution in [2.75, 3.05) is 0 Å². The monoisotopic (exact) mass is 318 g/mol. The summed E-state index contributed by atoms with van der Waals surface area (Å²) in [4.78, 5) is 0. The Bertz CT molecular complexity index is 133. The summed E-state index contributed by atoms with van der Waals surface area (Å²) < 4.78 is 0. The van der Waals surface area contributed by atoms with E-state index in [-0.39, 0.29) is 12.4 Å². The molecule has 0 heterocycles. The molecule has 0 radical (unpaired) electrons. The summed E-state index contributed by atoms with van der Waals surface area (Å²) in [7, 11) is 0. The molecule has 0 aliphatic rings. The van der Waals surface area contributed by atoms with Gasteiger partial charge in [-0.3, -0.25) is 0 Å². The van der Waals surface area contributed by atoms with Crippen LogP contribution in [0.1, 0.15) is 55.4 Å². The molecular formula is C16H37Al2Cl. The fraction of sp³-hybridized carbons (Fsp3) is 1.00. The van der Waals surface area contributed by atoms with E-state index >= 15 is 0 Å². The molecule has 19 heavy (non-hydrogen) atoms. The van der Waals surface area contributed by atoms with Crippen molar-refractivity contribution in [2.24, 2.45) is 17.8 Å². The first-order valence-corrected chi connectivity index (χ1v) is 12.2. The van der Waals surface area contributed by atoms with Crippen molar-refractivity contribution in [3.63, 3.8) is 0 Å². The fourth-order valence-corrected chi connectivity index (χ4v) is 7.73. The Morgan fingerprint density at radius 2 is 0.947 bits per heavy atom. The molecule has 0 atom stereocenters. The van der Waals surface area contributed by atoms with Gasteiger partial charge in [0.25, 0.3) is 14.1 Å². The third-order valence-electron chi connectivity index (χ3n) is 2.99. The van der Waals surface area contributed by atoms with Gasteiger partial charge in [0.05, 0.1) is 0 Å². The maximum absolute atomic E-state index is 2.38. The normalized spacial score (nSPS) is 9.84. The molecule has 0 aromatic carbocycles. The molecule has 0 N–H and O–H groups in total. The minimum atomic E-state index is -0.407. The third-order valence-corrected chi connectivity index (χ3v) is 8.97. The van der Waals surface area contributed by atoms with Crippen molar-refractivity contribution >= 4 is 29.4 Å². The first kappa shape index (κ1) is 25.3. The topological polar surface area (TPSA) is 0 Å². The van der Waals surface area contributed by atoms with Crippen LogP contribution in [0.25, 0.3) is 0 Å². The molecule has 0 aromatic heterocycles. The van der Waals surface area contributed by atoms with Gasteiger partial charge in [0.1, 0.15) is 0 Å². The predicted molar refractivity (Wildman–Crippen MR) is 91.4 cm³/mol. The Morgan fingerprint density at radius 1 is 0.684 bits per heavy atom. The second-order valence-corrected chi connectivity index (χ2v) is 12.2. The van der Waals surface area contributed by atoms with Crippen molar-refractivity contribution in [1.29, 1.82) is 0 Å². The Balaban J connectivity index is -0.000000366. The van der Waals surface area contributed by atoms with E-state index in [2.05, 4.69) is 55.4 Å². The fourth-order valence-electron chi connectivity index (χ4n) is 2.58. The van der Waals surface area contributed by atoms with Crippen LogP contribution in [0.3, 0.4) is 0 Å². The quantitative estimate of drug-likeness (QED) is 0.604. The second-order valence-electron chi connectivity index (χ2n) is 6.86. The molecule has 0 saturated heterocycles. The Morgan fingerprint density at radius 3 is 1.05 bits per heavy atom. The molecule has 0 fully saturated rings. The van der Waals surface area contributed by atoms with Crippen molar-refractivity contribution < 1.29 is 12.4 Å². The third kappa shape index (κ3) is 24.7. The Kier molecular flexibility index (Phi) is 23.2. The molecule has 0 aromatic rings. The molecule has 0 unspecified atom stereocenters. The zero-order valence-corrected chi connectivity index (χ0v) is 17.9. The Hall–Kier alpha value is 1.35. The summed E-state index contributed by atoms with van der Waals surface area (Å²) in [6.07, 6.45) is 0. The molecule has 0 amide bonds. The summed E-state index contributed by atoms with van der Waals surface area (Å²) in [5.74, 6) is 2.78. The van der Waals surface area contributed by atoms with Gasteiger partial charge in [0, 0.05) is 0 Å². The second kappa shape index (κ2) is 17.4. The van der Waals surface area contributed by atoms with E-state index in [9.17, 15) is 0 Å². The molecule has 0 spiro atoms. The predicted octanol–water partition coefficient (Wildman–Crippen LogP) is 3.02. The molecular weight excluding hydrogens is 282 g/mol. The minimum absolute atomic E-state index is 0. The molecule has 0 aliphatic heterocycles. The van der Waals surface area contributed by atoms with Gasteiger partial charge < -0.3 is 12.4 Å². The molecule has 0 saturated carbocycles. The SMILES string of the molecule is CC(C)[CH2][Al]([CH2]C(C)C)[CH2]C(C)C.C[CH2][Al+][CH2]C.[Cl-]. The average molecular weight is 319 g/mol. The van der Waals surface area contributed by atoms with Crippen LogP contribution >= 0.6 is 0 Å². The summed E-state index contributed by atoms with van der Waals surface area (Å²) in [6.45, 7) is 18.8. The average Bonchev–Trinajstić information content (AvgIpc) is 2.16. The van der Waals surface area contributed by atoms with Gasteiger partial charge >= 0.3 is 39.6 Å². The molecule has 0 bridgehead atoms. The van der Waals surface area contributed by atoms with E-state index in [1.165, 1.54) is 10.6 Å². The molecule has 0 rings (SSSR count). The van der Waals surface area contributed by atoms with Crippen molar-refractivity contribution in [2.45, 2.75) is 81.8 Å². The minimum Gasteiger partial charge on any atom is -1.00 e. The zero-order chi connectivity index (χ0) is 14.6. The molecule has 0 nitrogen and oxygen atoms in total. The van der Waals surface area contributed by atoms with E-state index in [1.54, 1.807) is 15.8 Å². The van der Waals surface area contributed by atoms with Crippen LogP contribution in [-0.2, 0) is 0 Å². The Labute approximate surface area is 141 Å². The zero-order valence-electron chi connectivity index (χ0n) is 14.8. The van der Waals surface area contributed by atoms with Gasteiger partial charge in [-0.15, -0.1) is 0 Å². The smallest absolute Gasteiger partial charge is 1.00 e. The van der Waals surface area contributed by atoms with E-state index in [4.69, 9.17) is 0 Å². The van der Waals surface area contributed by atoms with Gasteiger partial charge in [-0.1, -0.05) is 75.1 Å². The van der Waals surface area contributed by atoms with Gasteiger partial charge in [-0.25, -0.2) is 0 Å². The summed E-state index contributed by atoms with van der Waals surface area (Å²) in [6, 6.07) is 0. The van der Waals surface area contributed by atoms with Crippen LogP contribution in [0.2, 0.25) is 26.4 Å². The molecule has 114 valence electrons. The number of halogens is 1. The van der Waals surface area contributed by atoms with Crippen LogP contribution in [0, 0.1) is 17.8 Å². The van der Waals surface area contributed by atoms with Gasteiger partial charge in [-0.05, 0) is 0 Å². The van der Waals surface area contributed by atoms with Crippen molar-refractivity contribution in [3.05, 3.63) is 0 Å². The maximum atomic E-state index is 2.38. The first-order chi connectivity index (χ1) is 8.33. The first-order valence-electron chi connectivity index (χ1n) is 8.14. The van der Waals surface area contributed by atoms with Gasteiger partial charge in [0.15, 0.2) is 0 Å². The largest absolute Gasteiger partial charge is 1.00 e. The van der Waals surface area contributed by atoms with Gasteiger partial charge in [-0.2, -0.15) is 0 Å². The standard InChI is InChI=1S/3C4H9.2C2H5.2Al.ClH/c3*1-4(2)3;2*1-2;;;/h3*4H,1H2,2-3H3;2*1H2,2H3;;;1H/q;;;;;;+1;/p-1. The van der Waals surface area contributed by atoms with Crippen LogP contribution in [-0.4, -0.2) is 29.4 Å². The van der Waals surface area contributed by atoms with Crippen LogP contribution in [0.15, 0.2) is 0 Å². The van der Waals surface area contributed by atoms with E-state index in [1.807, 2.05) is 0 Å².